The maximum Gasteiger partial charge on any atom is 0.201 e. The minimum Gasteiger partial charge on any atom is -0.440 e. The van der Waals surface area contributed by atoms with Gasteiger partial charge < -0.3 is 28.7 Å². The van der Waals surface area contributed by atoms with Gasteiger partial charge in [0.15, 0.2) is 16.9 Å². The number of nitrogens with one attached hydrogen (secondary N) is 1. The molecule has 0 saturated carbocycles. The molecule has 0 unspecified atom stereocenters. The number of likely N-dealkylation sites (tertiary alicyclic amines) is 1. The molecule has 3 aromatic heterocycles. The molecule has 3 aromatic rings. The van der Waals surface area contributed by atoms with Crippen LogP contribution in [0.15, 0.2) is 46.6 Å². The van der Waals surface area contributed by atoms with Gasteiger partial charge in [0.25, 0.3) is 0 Å². The Balaban J connectivity index is 1.30. The molecule has 10 nitrogen and oxygen atoms in total. The topological polar surface area (TPSA) is 103 Å². The first-order valence-electron chi connectivity index (χ1n) is 12.3. The van der Waals surface area contributed by atoms with E-state index in [0.29, 0.717) is 55.4 Å². The van der Waals surface area contributed by atoms with Gasteiger partial charge in [0, 0.05) is 58.2 Å². The van der Waals surface area contributed by atoms with Gasteiger partial charge in [-0.1, -0.05) is 32.4 Å². The van der Waals surface area contributed by atoms with Gasteiger partial charge in [0.1, 0.15) is 5.82 Å². The molecule has 1 fully saturated rings. The minimum absolute atomic E-state index is 0.244. The number of rotatable bonds is 15. The summed E-state index contributed by atoms with van der Waals surface area (Å²) in [5.74, 6) is 2.62. The molecule has 1 N–H and O–H groups in total. The number of anilines is 1. The predicted molar refractivity (Wildman–Crippen MR) is 146 cm³/mol. The average molecular weight is 506 g/mol. The lowest BCUT2D eigenvalue weighted by Gasteiger charge is -2.37. The SMILES string of the molecule is C=CC=NC(=C)CNc1nccc2oc(C3CN(CCc4nc(=C)c(=C)n4CCOCCOC)C3)nc12. The Kier molecular flexibility index (Phi) is 8.99. The van der Waals surface area contributed by atoms with E-state index in [9.17, 15) is 0 Å². The zero-order valence-corrected chi connectivity index (χ0v) is 21.5. The Bertz CT molecular complexity index is 1350. The number of ether oxygens (including phenoxy) is 2. The number of fused-ring (bicyclic) bond motifs is 1. The highest BCUT2D eigenvalue weighted by atomic mass is 16.5. The number of allylic oxidation sites excluding steroid dienone is 1. The van der Waals surface area contributed by atoms with E-state index in [4.69, 9.17) is 18.9 Å². The molecule has 0 spiro atoms. The molecule has 1 aliphatic rings. The number of nitrogens with zero attached hydrogens (tertiary/aromatic N) is 6. The van der Waals surface area contributed by atoms with Crippen molar-refractivity contribution >= 4 is 36.3 Å². The molecule has 0 aliphatic carbocycles. The van der Waals surface area contributed by atoms with Crippen molar-refractivity contribution < 1.29 is 13.9 Å². The number of pyridine rings is 1. The third-order valence-electron chi connectivity index (χ3n) is 6.23. The van der Waals surface area contributed by atoms with Gasteiger partial charge in [-0.3, -0.25) is 4.99 Å². The van der Waals surface area contributed by atoms with Crippen LogP contribution >= 0.6 is 0 Å². The van der Waals surface area contributed by atoms with Crippen LogP contribution in [-0.2, 0) is 22.4 Å². The van der Waals surface area contributed by atoms with Gasteiger partial charge in [-0.15, -0.1) is 0 Å². The fraction of sp³-hybridized carbons (Fsp3) is 0.407. The van der Waals surface area contributed by atoms with E-state index in [1.54, 1.807) is 25.6 Å². The van der Waals surface area contributed by atoms with Crippen molar-refractivity contribution in [2.24, 2.45) is 4.99 Å². The summed E-state index contributed by atoms with van der Waals surface area (Å²) in [5.41, 5.74) is 2.11. The van der Waals surface area contributed by atoms with Gasteiger partial charge in [-0.25, -0.2) is 15.0 Å². The van der Waals surface area contributed by atoms with E-state index in [1.807, 2.05) is 6.07 Å². The van der Waals surface area contributed by atoms with Crippen LogP contribution in [0.2, 0.25) is 0 Å². The quantitative estimate of drug-likeness (QED) is 0.246. The van der Waals surface area contributed by atoms with Gasteiger partial charge >= 0.3 is 0 Å². The molecule has 0 radical (unpaired) electrons. The van der Waals surface area contributed by atoms with Crippen LogP contribution in [0.25, 0.3) is 24.3 Å². The van der Waals surface area contributed by atoms with Crippen LogP contribution in [0.1, 0.15) is 17.6 Å². The van der Waals surface area contributed by atoms with E-state index in [0.717, 1.165) is 48.6 Å². The summed E-state index contributed by atoms with van der Waals surface area (Å²) in [6.45, 7) is 21.2. The predicted octanol–water partition coefficient (Wildman–Crippen LogP) is 1.73. The van der Waals surface area contributed by atoms with E-state index in [2.05, 4.69) is 56.1 Å². The van der Waals surface area contributed by atoms with Crippen molar-refractivity contribution in [2.45, 2.75) is 18.9 Å². The summed E-state index contributed by atoms with van der Waals surface area (Å²) in [5, 5.41) is 4.80. The highest BCUT2D eigenvalue weighted by molar-refractivity contribution is 5.84. The molecule has 0 amide bonds. The van der Waals surface area contributed by atoms with Crippen molar-refractivity contribution in [3.05, 3.63) is 59.6 Å². The number of hydrogen-bond donors (Lipinski definition) is 1. The Morgan fingerprint density at radius 3 is 2.86 bits per heavy atom. The first-order valence-corrected chi connectivity index (χ1v) is 12.3. The molecule has 196 valence electrons. The highest BCUT2D eigenvalue weighted by Gasteiger charge is 2.32. The summed E-state index contributed by atoms with van der Waals surface area (Å²) in [7, 11) is 1.66. The normalized spacial score (nSPS) is 14.4. The fourth-order valence-electron chi connectivity index (χ4n) is 4.18. The van der Waals surface area contributed by atoms with Crippen LogP contribution in [0.3, 0.4) is 0 Å². The summed E-state index contributed by atoms with van der Waals surface area (Å²) < 4.78 is 18.8. The number of imidazole rings is 1. The fourth-order valence-corrected chi connectivity index (χ4v) is 4.18. The maximum absolute atomic E-state index is 6.07. The number of aliphatic imine (C=N–C) groups is 1. The summed E-state index contributed by atoms with van der Waals surface area (Å²) in [6.07, 6.45) is 5.74. The largest absolute Gasteiger partial charge is 0.440 e. The van der Waals surface area contributed by atoms with Crippen LogP contribution in [0.4, 0.5) is 5.82 Å². The second-order valence-electron chi connectivity index (χ2n) is 8.88. The molecule has 0 aromatic carbocycles. The Morgan fingerprint density at radius 2 is 2.08 bits per heavy atom. The van der Waals surface area contributed by atoms with E-state index in [-0.39, 0.29) is 5.92 Å². The van der Waals surface area contributed by atoms with Crippen molar-refractivity contribution in [3.8, 4) is 0 Å². The molecule has 10 heteroatoms. The van der Waals surface area contributed by atoms with Gasteiger partial charge in [0.05, 0.1) is 48.7 Å². The molecule has 4 heterocycles. The lowest BCUT2D eigenvalue weighted by Crippen LogP contribution is -2.46. The zero-order valence-electron chi connectivity index (χ0n) is 21.5. The van der Waals surface area contributed by atoms with Crippen LogP contribution in [0.5, 0.6) is 0 Å². The third kappa shape index (κ3) is 6.59. The highest BCUT2D eigenvalue weighted by Crippen LogP contribution is 2.31. The number of methoxy groups -OCH3 is 1. The Hall–Kier alpha value is -3.60. The van der Waals surface area contributed by atoms with Crippen molar-refractivity contribution in [1.29, 1.82) is 0 Å². The van der Waals surface area contributed by atoms with E-state index < -0.39 is 0 Å². The molecular weight excluding hydrogens is 470 g/mol. The van der Waals surface area contributed by atoms with Gasteiger partial charge in [0.2, 0.25) is 5.89 Å². The minimum atomic E-state index is 0.244. The first-order chi connectivity index (χ1) is 18.0. The maximum atomic E-state index is 6.07. The Morgan fingerprint density at radius 1 is 1.24 bits per heavy atom. The van der Waals surface area contributed by atoms with E-state index in [1.165, 1.54) is 0 Å². The van der Waals surface area contributed by atoms with Crippen LogP contribution < -0.4 is 16.0 Å². The molecular formula is C27H35N7O3. The summed E-state index contributed by atoms with van der Waals surface area (Å²) in [6, 6.07) is 1.84. The molecule has 37 heavy (non-hydrogen) atoms. The third-order valence-corrected chi connectivity index (χ3v) is 6.23. The molecule has 1 aliphatic heterocycles. The Labute approximate surface area is 216 Å². The molecule has 1 saturated heterocycles. The standard InChI is InChI=1S/C27H35N7O3/c1-6-9-28-19(2)16-30-26-25-23(7-10-29-26)37-27(32-25)22-17-33(18-22)11-8-24-31-20(3)21(4)34(24)12-13-36-15-14-35-5/h6-7,9-10,22H,1-4,8,11-18H2,5H3,(H,29,30). The first kappa shape index (κ1) is 26.5. The second-order valence-corrected chi connectivity index (χ2v) is 8.88. The molecule has 0 atom stereocenters. The van der Waals surface area contributed by atoms with Crippen molar-refractivity contribution in [1.82, 2.24) is 24.4 Å². The zero-order chi connectivity index (χ0) is 26.2. The average Bonchev–Trinajstić information content (AvgIpc) is 3.41. The number of oxazole rings is 1. The monoisotopic (exact) mass is 505 g/mol. The lowest BCUT2D eigenvalue weighted by molar-refractivity contribution is 0.0659. The van der Waals surface area contributed by atoms with Crippen molar-refractivity contribution in [2.75, 3.05) is 58.4 Å². The van der Waals surface area contributed by atoms with E-state index >= 15 is 0 Å². The second kappa shape index (κ2) is 12.6. The summed E-state index contributed by atoms with van der Waals surface area (Å²) in [4.78, 5) is 20.4. The molecule has 4 rings (SSSR count). The lowest BCUT2D eigenvalue weighted by atomic mass is 10.00. The smallest absolute Gasteiger partial charge is 0.201 e. The van der Waals surface area contributed by atoms with Crippen LogP contribution in [-0.4, -0.2) is 83.7 Å². The van der Waals surface area contributed by atoms with Gasteiger partial charge in [-0.2, -0.15) is 0 Å². The summed E-state index contributed by atoms with van der Waals surface area (Å²) >= 11 is 0. The number of aromatic nitrogens is 4. The van der Waals surface area contributed by atoms with Gasteiger partial charge in [-0.05, 0) is 0 Å². The number of hydrogen-bond acceptors (Lipinski definition) is 9. The van der Waals surface area contributed by atoms with Crippen LogP contribution in [0, 0.1) is 0 Å². The molecule has 0 bridgehead atoms. The van der Waals surface area contributed by atoms with Crippen molar-refractivity contribution in [3.63, 3.8) is 0 Å².